The van der Waals surface area contributed by atoms with Gasteiger partial charge >= 0.3 is 0 Å². The maximum atomic E-state index is 4.49. The minimum atomic E-state index is 0.857. The van der Waals surface area contributed by atoms with Gasteiger partial charge in [-0.15, -0.1) is 0 Å². The van der Waals surface area contributed by atoms with Crippen LogP contribution in [0, 0.1) is 0 Å². The van der Waals surface area contributed by atoms with Crippen LogP contribution >= 0.6 is 15.9 Å². The van der Waals surface area contributed by atoms with Gasteiger partial charge in [-0.1, -0.05) is 54.6 Å². The minimum Gasteiger partial charge on any atom is -0.241 e. The molecule has 0 aliphatic rings. The molecule has 0 saturated heterocycles. The lowest BCUT2D eigenvalue weighted by Gasteiger charge is -2.05. The zero-order valence-electron chi connectivity index (χ0n) is 10.3. The van der Waals surface area contributed by atoms with Gasteiger partial charge in [-0.2, -0.15) is 0 Å². The van der Waals surface area contributed by atoms with E-state index in [1.807, 2.05) is 24.3 Å². The molecule has 92 valence electrons. The maximum Gasteiger partial charge on any atom is 0.106 e. The maximum absolute atomic E-state index is 4.49. The lowest BCUT2D eigenvalue weighted by Crippen LogP contribution is -1.85. The summed E-state index contributed by atoms with van der Waals surface area (Å²) in [6.45, 7) is 0. The van der Waals surface area contributed by atoms with Crippen LogP contribution in [0.15, 0.2) is 77.4 Å². The van der Waals surface area contributed by atoms with Gasteiger partial charge in [0.25, 0.3) is 0 Å². The fourth-order valence-electron chi connectivity index (χ4n) is 2.06. The summed E-state index contributed by atoms with van der Waals surface area (Å²) < 4.78 is 0.857. The second-order valence-electron chi connectivity index (χ2n) is 4.29. The van der Waals surface area contributed by atoms with E-state index in [0.29, 0.717) is 0 Å². The first-order valence-electron chi connectivity index (χ1n) is 6.11. The van der Waals surface area contributed by atoms with Gasteiger partial charge in [-0.3, -0.25) is 0 Å². The minimum absolute atomic E-state index is 0.857. The van der Waals surface area contributed by atoms with Crippen LogP contribution in [0.1, 0.15) is 0 Å². The van der Waals surface area contributed by atoms with Crippen LogP contribution in [0.5, 0.6) is 0 Å². The summed E-state index contributed by atoms with van der Waals surface area (Å²) in [5, 5.41) is 0. The number of nitrogens with zero attached hydrogens (tertiary/aromatic N) is 1. The van der Waals surface area contributed by atoms with E-state index in [-0.39, 0.29) is 0 Å². The number of aromatic nitrogens is 1. The van der Waals surface area contributed by atoms with Crippen molar-refractivity contribution in [2.24, 2.45) is 0 Å². The van der Waals surface area contributed by atoms with Crippen molar-refractivity contribution in [3.8, 4) is 22.4 Å². The van der Waals surface area contributed by atoms with Gasteiger partial charge in [-0.25, -0.2) is 4.98 Å². The number of pyridine rings is 1. The average Bonchev–Trinajstić information content (AvgIpc) is 2.48. The SMILES string of the molecule is Brc1cccc(-c2cccc(-c3ccccc3)c2)n1. The highest BCUT2D eigenvalue weighted by Crippen LogP contribution is 2.25. The number of benzene rings is 2. The molecule has 1 heterocycles. The molecule has 2 heteroatoms. The molecule has 0 atom stereocenters. The summed E-state index contributed by atoms with van der Waals surface area (Å²) >= 11 is 3.41. The van der Waals surface area contributed by atoms with Crippen molar-refractivity contribution < 1.29 is 0 Å². The molecule has 0 bridgehead atoms. The van der Waals surface area contributed by atoms with E-state index >= 15 is 0 Å². The average molecular weight is 310 g/mol. The molecule has 19 heavy (non-hydrogen) atoms. The molecular formula is C17H12BrN. The second kappa shape index (κ2) is 5.37. The van der Waals surface area contributed by atoms with Crippen molar-refractivity contribution in [3.63, 3.8) is 0 Å². The van der Waals surface area contributed by atoms with Crippen LogP contribution < -0.4 is 0 Å². The Hall–Kier alpha value is -1.93. The monoisotopic (exact) mass is 309 g/mol. The number of hydrogen-bond donors (Lipinski definition) is 0. The summed E-state index contributed by atoms with van der Waals surface area (Å²) in [6, 6.07) is 24.8. The van der Waals surface area contributed by atoms with E-state index in [2.05, 4.69) is 69.4 Å². The molecular weight excluding hydrogens is 298 g/mol. The van der Waals surface area contributed by atoms with Gasteiger partial charge in [-0.05, 0) is 45.3 Å². The van der Waals surface area contributed by atoms with Crippen molar-refractivity contribution in [3.05, 3.63) is 77.4 Å². The highest BCUT2D eigenvalue weighted by molar-refractivity contribution is 9.10. The molecule has 3 rings (SSSR count). The van der Waals surface area contributed by atoms with Gasteiger partial charge in [0.15, 0.2) is 0 Å². The second-order valence-corrected chi connectivity index (χ2v) is 5.10. The molecule has 3 aromatic rings. The highest BCUT2D eigenvalue weighted by atomic mass is 79.9. The Kier molecular flexibility index (Phi) is 3.43. The molecule has 0 unspecified atom stereocenters. The topological polar surface area (TPSA) is 12.9 Å². The van der Waals surface area contributed by atoms with E-state index in [0.717, 1.165) is 15.9 Å². The normalized spacial score (nSPS) is 10.4. The third kappa shape index (κ3) is 2.74. The van der Waals surface area contributed by atoms with Crippen molar-refractivity contribution >= 4 is 15.9 Å². The van der Waals surface area contributed by atoms with Crippen LogP contribution in [0.25, 0.3) is 22.4 Å². The van der Waals surface area contributed by atoms with Gasteiger partial charge in [0.05, 0.1) is 5.69 Å². The quantitative estimate of drug-likeness (QED) is 0.594. The first kappa shape index (κ1) is 12.1. The molecule has 0 spiro atoms. The Balaban J connectivity index is 2.06. The van der Waals surface area contributed by atoms with Crippen molar-refractivity contribution in [1.29, 1.82) is 0 Å². The zero-order chi connectivity index (χ0) is 13.1. The highest BCUT2D eigenvalue weighted by Gasteiger charge is 2.02. The molecule has 1 aromatic heterocycles. The Bertz CT molecular complexity index is 692. The molecule has 0 N–H and O–H groups in total. The van der Waals surface area contributed by atoms with Crippen LogP contribution in [0.2, 0.25) is 0 Å². The molecule has 0 aliphatic heterocycles. The zero-order valence-corrected chi connectivity index (χ0v) is 11.8. The van der Waals surface area contributed by atoms with Crippen LogP contribution in [-0.2, 0) is 0 Å². The molecule has 1 nitrogen and oxygen atoms in total. The molecule has 0 amide bonds. The van der Waals surface area contributed by atoms with Gasteiger partial charge in [0.2, 0.25) is 0 Å². The Labute approximate surface area is 121 Å². The summed E-state index contributed by atoms with van der Waals surface area (Å²) in [7, 11) is 0. The van der Waals surface area contributed by atoms with E-state index in [1.165, 1.54) is 11.1 Å². The summed E-state index contributed by atoms with van der Waals surface area (Å²) in [6.07, 6.45) is 0. The summed E-state index contributed by atoms with van der Waals surface area (Å²) in [5.41, 5.74) is 4.54. The van der Waals surface area contributed by atoms with Crippen molar-refractivity contribution in [2.75, 3.05) is 0 Å². The fraction of sp³-hybridized carbons (Fsp3) is 0. The smallest absolute Gasteiger partial charge is 0.106 e. The van der Waals surface area contributed by atoms with Crippen LogP contribution in [0.4, 0.5) is 0 Å². The van der Waals surface area contributed by atoms with Crippen molar-refractivity contribution in [2.45, 2.75) is 0 Å². The summed E-state index contributed by atoms with van der Waals surface area (Å²) in [5.74, 6) is 0. The number of halogens is 1. The van der Waals surface area contributed by atoms with Gasteiger partial charge < -0.3 is 0 Å². The first-order valence-corrected chi connectivity index (χ1v) is 6.91. The third-order valence-electron chi connectivity index (χ3n) is 2.98. The van der Waals surface area contributed by atoms with Gasteiger partial charge in [0.1, 0.15) is 4.60 Å². The Morgan fingerprint density at radius 3 is 2.11 bits per heavy atom. The van der Waals surface area contributed by atoms with Crippen LogP contribution in [-0.4, -0.2) is 4.98 Å². The lowest BCUT2D eigenvalue weighted by molar-refractivity contribution is 1.28. The predicted molar refractivity (Wildman–Crippen MR) is 82.8 cm³/mol. The fourth-order valence-corrected chi connectivity index (χ4v) is 2.40. The predicted octanol–water partition coefficient (Wildman–Crippen LogP) is 5.18. The van der Waals surface area contributed by atoms with E-state index < -0.39 is 0 Å². The Morgan fingerprint density at radius 2 is 1.32 bits per heavy atom. The molecule has 0 fully saturated rings. The third-order valence-corrected chi connectivity index (χ3v) is 3.42. The molecule has 0 radical (unpaired) electrons. The Morgan fingerprint density at radius 1 is 0.632 bits per heavy atom. The van der Waals surface area contributed by atoms with Gasteiger partial charge in [0, 0.05) is 5.56 Å². The largest absolute Gasteiger partial charge is 0.241 e. The van der Waals surface area contributed by atoms with E-state index in [4.69, 9.17) is 0 Å². The molecule has 2 aromatic carbocycles. The standard InChI is InChI=1S/C17H12BrN/c18-17-11-5-10-16(19-17)15-9-4-8-14(12-15)13-6-2-1-3-7-13/h1-12H. The van der Waals surface area contributed by atoms with E-state index in [9.17, 15) is 0 Å². The van der Waals surface area contributed by atoms with E-state index in [1.54, 1.807) is 0 Å². The van der Waals surface area contributed by atoms with Crippen LogP contribution in [0.3, 0.4) is 0 Å². The number of hydrogen-bond acceptors (Lipinski definition) is 1. The number of rotatable bonds is 2. The summed E-state index contributed by atoms with van der Waals surface area (Å²) in [4.78, 5) is 4.49. The lowest BCUT2D eigenvalue weighted by atomic mass is 10.0. The molecule has 0 aliphatic carbocycles. The first-order chi connectivity index (χ1) is 9.33. The van der Waals surface area contributed by atoms with Crippen molar-refractivity contribution in [1.82, 2.24) is 4.98 Å². The molecule has 0 saturated carbocycles.